The minimum Gasteiger partial charge on any atom is -0.490 e. The predicted octanol–water partition coefficient (Wildman–Crippen LogP) is 5.23. The molecule has 0 spiro atoms. The second-order valence-corrected chi connectivity index (χ2v) is 7.86. The number of nitrogens with zero attached hydrogens (tertiary/aromatic N) is 1. The van der Waals surface area contributed by atoms with E-state index in [1.54, 1.807) is 43.3 Å². The van der Waals surface area contributed by atoms with Crippen molar-refractivity contribution in [2.24, 2.45) is 5.73 Å². The van der Waals surface area contributed by atoms with Crippen LogP contribution >= 0.6 is 23.2 Å². The van der Waals surface area contributed by atoms with Crippen molar-refractivity contribution in [1.29, 1.82) is 5.26 Å². The second kappa shape index (κ2) is 10.5. The molecule has 1 heterocycles. The lowest BCUT2D eigenvalue weighted by Gasteiger charge is -2.28. The van der Waals surface area contributed by atoms with Crippen molar-refractivity contribution < 1.29 is 23.7 Å². The highest BCUT2D eigenvalue weighted by Gasteiger charge is 2.38. The van der Waals surface area contributed by atoms with Crippen LogP contribution in [-0.2, 0) is 20.9 Å². The van der Waals surface area contributed by atoms with E-state index in [1.165, 1.54) is 7.11 Å². The molecule has 2 aromatic carbocycles. The van der Waals surface area contributed by atoms with Gasteiger partial charge in [-0.3, -0.25) is 0 Å². The number of methoxy groups -OCH3 is 1. The van der Waals surface area contributed by atoms with Crippen LogP contribution in [0.1, 0.15) is 30.9 Å². The van der Waals surface area contributed by atoms with Crippen LogP contribution in [0, 0.1) is 11.3 Å². The van der Waals surface area contributed by atoms with Gasteiger partial charge in [0.2, 0.25) is 5.88 Å². The average Bonchev–Trinajstić information content (AvgIpc) is 2.78. The highest BCUT2D eigenvalue weighted by molar-refractivity contribution is 6.35. The van der Waals surface area contributed by atoms with Gasteiger partial charge in [0.15, 0.2) is 11.5 Å². The zero-order valence-corrected chi connectivity index (χ0v) is 19.8. The van der Waals surface area contributed by atoms with Gasteiger partial charge in [0, 0.05) is 21.2 Å². The van der Waals surface area contributed by atoms with E-state index in [1.807, 2.05) is 6.92 Å². The van der Waals surface area contributed by atoms with Crippen molar-refractivity contribution in [3.05, 3.63) is 80.4 Å². The molecule has 0 saturated heterocycles. The van der Waals surface area contributed by atoms with Crippen LogP contribution < -0.4 is 15.2 Å². The Balaban J connectivity index is 2.16. The van der Waals surface area contributed by atoms with Crippen molar-refractivity contribution >= 4 is 29.2 Å². The first-order chi connectivity index (χ1) is 15.8. The lowest BCUT2D eigenvalue weighted by molar-refractivity contribution is -0.136. The van der Waals surface area contributed by atoms with E-state index >= 15 is 0 Å². The van der Waals surface area contributed by atoms with E-state index in [0.717, 1.165) is 0 Å². The van der Waals surface area contributed by atoms with Crippen molar-refractivity contribution in [1.82, 2.24) is 0 Å². The van der Waals surface area contributed by atoms with Crippen molar-refractivity contribution in [2.75, 3.05) is 13.7 Å². The standard InChI is InChI=1S/C24H22Cl2N2O5/c1-4-31-19-7-5-6-16(22(19)32-12-14-8-9-15(25)10-18(14)26)21-17(11-27)23(28)33-13(2)20(21)24(29)30-3/h5-10,21H,4,12,28H2,1-3H3. The monoisotopic (exact) mass is 488 g/mol. The molecule has 0 bridgehead atoms. The fourth-order valence-corrected chi connectivity index (χ4v) is 4.00. The van der Waals surface area contributed by atoms with Gasteiger partial charge in [0.1, 0.15) is 24.0 Å². The normalized spacial score (nSPS) is 15.6. The highest BCUT2D eigenvalue weighted by atomic mass is 35.5. The zero-order valence-electron chi connectivity index (χ0n) is 18.3. The number of hydrogen-bond acceptors (Lipinski definition) is 7. The number of hydrogen-bond donors (Lipinski definition) is 1. The van der Waals surface area contributed by atoms with Crippen LogP contribution in [0.15, 0.2) is 59.2 Å². The van der Waals surface area contributed by atoms with E-state index in [4.69, 9.17) is 47.9 Å². The number of rotatable bonds is 7. The summed E-state index contributed by atoms with van der Waals surface area (Å²) < 4.78 is 22.4. The van der Waals surface area contributed by atoms with Gasteiger partial charge in [-0.1, -0.05) is 41.4 Å². The number of halogens is 2. The molecular weight excluding hydrogens is 467 g/mol. The molecule has 7 nitrogen and oxygen atoms in total. The van der Waals surface area contributed by atoms with Crippen LogP contribution in [0.25, 0.3) is 0 Å². The molecule has 33 heavy (non-hydrogen) atoms. The Morgan fingerprint density at radius 2 is 2.00 bits per heavy atom. The van der Waals surface area contributed by atoms with Crippen molar-refractivity contribution in [2.45, 2.75) is 26.4 Å². The van der Waals surface area contributed by atoms with Gasteiger partial charge in [0.25, 0.3) is 0 Å². The first kappa shape index (κ1) is 24.3. The number of nitrogens with two attached hydrogens (primary N) is 1. The quantitative estimate of drug-likeness (QED) is 0.532. The maximum absolute atomic E-state index is 12.7. The molecule has 1 unspecified atom stereocenters. The van der Waals surface area contributed by atoms with Crippen LogP contribution in [-0.4, -0.2) is 19.7 Å². The summed E-state index contributed by atoms with van der Waals surface area (Å²) in [7, 11) is 1.25. The largest absolute Gasteiger partial charge is 0.490 e. The average molecular weight is 489 g/mol. The van der Waals surface area contributed by atoms with E-state index < -0.39 is 11.9 Å². The number of para-hydroxylation sites is 1. The molecule has 3 rings (SSSR count). The lowest BCUT2D eigenvalue weighted by atomic mass is 9.82. The van der Waals surface area contributed by atoms with E-state index in [-0.39, 0.29) is 29.4 Å². The molecule has 2 aromatic rings. The summed E-state index contributed by atoms with van der Waals surface area (Å²) >= 11 is 12.3. The number of benzene rings is 2. The molecule has 0 fully saturated rings. The van der Waals surface area contributed by atoms with Crippen LogP contribution in [0.4, 0.5) is 0 Å². The van der Waals surface area contributed by atoms with E-state index in [2.05, 4.69) is 6.07 Å². The van der Waals surface area contributed by atoms with Gasteiger partial charge in [0.05, 0.1) is 25.2 Å². The second-order valence-electron chi connectivity index (χ2n) is 7.02. The number of esters is 1. The Bertz CT molecular complexity index is 1180. The third-order valence-corrected chi connectivity index (χ3v) is 5.61. The molecule has 1 aliphatic rings. The maximum atomic E-state index is 12.7. The molecule has 2 N–H and O–H groups in total. The number of carbonyl (C=O) groups is 1. The van der Waals surface area contributed by atoms with Gasteiger partial charge >= 0.3 is 5.97 Å². The van der Waals surface area contributed by atoms with Crippen molar-refractivity contribution in [3.63, 3.8) is 0 Å². The minimum atomic E-state index is -0.882. The summed E-state index contributed by atoms with van der Waals surface area (Å²) in [6, 6.07) is 12.3. The Labute approximate surface area is 201 Å². The van der Waals surface area contributed by atoms with Crippen LogP contribution in [0.5, 0.6) is 11.5 Å². The zero-order chi connectivity index (χ0) is 24.1. The SMILES string of the molecule is CCOc1cccc(C2C(C#N)=C(N)OC(C)=C2C(=O)OC)c1OCc1ccc(Cl)cc1Cl. The van der Waals surface area contributed by atoms with Gasteiger partial charge in [-0.15, -0.1) is 0 Å². The predicted molar refractivity (Wildman–Crippen MR) is 124 cm³/mol. The first-order valence-corrected chi connectivity index (χ1v) is 10.8. The lowest BCUT2D eigenvalue weighted by Crippen LogP contribution is -2.25. The molecule has 0 aromatic heterocycles. The minimum absolute atomic E-state index is 0.0593. The fourth-order valence-electron chi connectivity index (χ4n) is 3.54. The smallest absolute Gasteiger partial charge is 0.338 e. The number of carbonyl (C=O) groups excluding carboxylic acids is 1. The van der Waals surface area contributed by atoms with E-state index in [9.17, 15) is 10.1 Å². The van der Waals surface area contributed by atoms with Gasteiger partial charge in [-0.25, -0.2) is 4.79 Å². The van der Waals surface area contributed by atoms with Gasteiger partial charge in [-0.05, 0) is 32.0 Å². The van der Waals surface area contributed by atoms with Crippen LogP contribution in [0.3, 0.4) is 0 Å². The first-order valence-electron chi connectivity index (χ1n) is 10.0. The molecule has 0 aliphatic carbocycles. The summed E-state index contributed by atoms with van der Waals surface area (Å²) in [5.41, 5.74) is 7.40. The summed E-state index contributed by atoms with van der Waals surface area (Å²) in [5, 5.41) is 10.8. The number of nitriles is 1. The Kier molecular flexibility index (Phi) is 7.75. The Hall–Kier alpha value is -3.34. The maximum Gasteiger partial charge on any atom is 0.338 e. The number of allylic oxidation sites excluding steroid dienone is 2. The molecule has 1 aliphatic heterocycles. The summed E-state index contributed by atoms with van der Waals surface area (Å²) in [6.07, 6.45) is 0. The highest BCUT2D eigenvalue weighted by Crippen LogP contribution is 2.46. The molecule has 9 heteroatoms. The van der Waals surface area contributed by atoms with Crippen LogP contribution in [0.2, 0.25) is 10.0 Å². The summed E-state index contributed by atoms with van der Waals surface area (Å²) in [6.45, 7) is 3.88. The molecule has 0 radical (unpaired) electrons. The molecular formula is C24H22Cl2N2O5. The third kappa shape index (κ3) is 5.03. The Morgan fingerprint density at radius 1 is 1.24 bits per heavy atom. The molecule has 0 saturated carbocycles. The molecule has 1 atom stereocenters. The summed E-state index contributed by atoms with van der Waals surface area (Å²) in [5.74, 6) is -0.618. The molecule has 172 valence electrons. The fraction of sp³-hybridized carbons (Fsp3) is 0.250. The molecule has 0 amide bonds. The van der Waals surface area contributed by atoms with Gasteiger partial charge in [-0.2, -0.15) is 5.26 Å². The third-order valence-electron chi connectivity index (χ3n) is 5.02. The Morgan fingerprint density at radius 3 is 2.64 bits per heavy atom. The topological polar surface area (TPSA) is 104 Å². The number of ether oxygens (including phenoxy) is 4. The van der Waals surface area contributed by atoms with Crippen molar-refractivity contribution in [3.8, 4) is 17.6 Å². The van der Waals surface area contributed by atoms with E-state index in [0.29, 0.717) is 39.3 Å². The summed E-state index contributed by atoms with van der Waals surface area (Å²) in [4.78, 5) is 12.7. The van der Waals surface area contributed by atoms with Gasteiger partial charge < -0.3 is 24.7 Å².